The number of nitrogens with zero attached hydrogens (tertiary/aromatic N) is 3. The van der Waals surface area contributed by atoms with Crippen LogP contribution in [-0.4, -0.2) is 20.0 Å². The minimum absolute atomic E-state index is 0.0636. The van der Waals surface area contributed by atoms with Gasteiger partial charge in [-0.2, -0.15) is 4.98 Å². The molecule has 1 N–H and O–H groups in total. The van der Waals surface area contributed by atoms with Crippen molar-refractivity contribution in [2.24, 2.45) is 0 Å². The first-order valence-corrected chi connectivity index (χ1v) is 10.3. The quantitative estimate of drug-likeness (QED) is 0.538. The van der Waals surface area contributed by atoms with E-state index in [4.69, 9.17) is 0 Å². The summed E-state index contributed by atoms with van der Waals surface area (Å²) in [4.78, 5) is 43.1. The van der Waals surface area contributed by atoms with Crippen LogP contribution in [0.25, 0.3) is 11.4 Å². The number of fused-ring (bicyclic) bond motifs is 1. The van der Waals surface area contributed by atoms with Gasteiger partial charge in [0.25, 0.3) is 5.56 Å². The van der Waals surface area contributed by atoms with Crippen molar-refractivity contribution in [1.29, 1.82) is 0 Å². The molecule has 0 bridgehead atoms. The van der Waals surface area contributed by atoms with Gasteiger partial charge in [0.15, 0.2) is 5.82 Å². The normalized spacial score (nSPS) is 11.0. The number of aromatic nitrogens is 3. The van der Waals surface area contributed by atoms with Gasteiger partial charge in [0, 0.05) is 16.8 Å². The van der Waals surface area contributed by atoms with E-state index in [1.54, 1.807) is 18.3 Å². The van der Waals surface area contributed by atoms with E-state index >= 15 is 0 Å². The largest absolute Gasteiger partial charge is 0.352 e. The number of carbonyl (C=O) groups excluding carboxylic acids is 1. The Kier molecular flexibility index (Phi) is 5.33. The summed E-state index contributed by atoms with van der Waals surface area (Å²) in [5.41, 5.74) is 1.94. The summed E-state index contributed by atoms with van der Waals surface area (Å²) in [6.07, 6.45) is 1.64. The molecule has 152 valence electrons. The van der Waals surface area contributed by atoms with Gasteiger partial charge in [0.05, 0.1) is 12.1 Å². The zero-order valence-electron chi connectivity index (χ0n) is 16.6. The number of para-hydroxylation sites is 1. The molecule has 2 aliphatic heterocycles. The standard InChI is InChI=1S/C22H20N4O3S/c1-14-6-3-7-15(2)19(14)23-18(27)13-25-10-4-9-17-20(25)24-22(29)26(21(17)28)12-16-8-5-11-30-16/h3-11H,12-13H2,1-2H3,(H,23,27). The van der Waals surface area contributed by atoms with E-state index in [0.29, 0.717) is 5.56 Å². The van der Waals surface area contributed by atoms with E-state index in [1.807, 2.05) is 49.6 Å². The van der Waals surface area contributed by atoms with Crippen molar-refractivity contribution < 1.29 is 4.79 Å². The second-order valence-corrected chi connectivity index (χ2v) is 8.09. The lowest BCUT2D eigenvalue weighted by atomic mass is 10.1. The summed E-state index contributed by atoms with van der Waals surface area (Å²) in [5, 5.41) is 4.81. The molecule has 0 spiro atoms. The number of hydrogen-bond donors (Lipinski definition) is 1. The number of aryl methyl sites for hydroxylation is 2. The van der Waals surface area contributed by atoms with Crippen LogP contribution >= 0.6 is 11.3 Å². The predicted octanol–water partition coefficient (Wildman–Crippen LogP) is 2.88. The Bertz CT molecular complexity index is 1280. The first kappa shape index (κ1) is 19.8. The number of amides is 1. The molecular formula is C22H20N4O3S. The molecular weight excluding hydrogens is 400 g/mol. The summed E-state index contributed by atoms with van der Waals surface area (Å²) in [6.45, 7) is 3.97. The van der Waals surface area contributed by atoms with Crippen LogP contribution in [0.5, 0.6) is 0 Å². The molecule has 30 heavy (non-hydrogen) atoms. The highest BCUT2D eigenvalue weighted by Crippen LogP contribution is 2.20. The molecule has 0 atom stereocenters. The fraction of sp³-hybridized carbons (Fsp3) is 0.182. The number of thiophene rings is 1. The highest BCUT2D eigenvalue weighted by molar-refractivity contribution is 7.09. The predicted molar refractivity (Wildman–Crippen MR) is 117 cm³/mol. The van der Waals surface area contributed by atoms with Crippen molar-refractivity contribution in [3.8, 4) is 11.4 Å². The molecule has 0 radical (unpaired) electrons. The van der Waals surface area contributed by atoms with Crippen LogP contribution in [0.3, 0.4) is 0 Å². The van der Waals surface area contributed by atoms with Crippen molar-refractivity contribution in [2.45, 2.75) is 26.9 Å². The smallest absolute Gasteiger partial charge is 0.324 e. The van der Waals surface area contributed by atoms with Crippen molar-refractivity contribution in [3.63, 3.8) is 0 Å². The molecule has 0 unspecified atom stereocenters. The minimum Gasteiger partial charge on any atom is -0.324 e. The second-order valence-electron chi connectivity index (χ2n) is 7.05. The summed E-state index contributed by atoms with van der Waals surface area (Å²) in [5.74, 6) is -0.0616. The Morgan fingerprint density at radius 1 is 1.07 bits per heavy atom. The van der Waals surface area contributed by atoms with Crippen LogP contribution in [-0.2, 0) is 17.9 Å². The maximum absolute atomic E-state index is 12.9. The molecule has 0 saturated heterocycles. The van der Waals surface area contributed by atoms with Gasteiger partial charge in [-0.15, -0.1) is 11.3 Å². The number of hydrogen-bond acceptors (Lipinski definition) is 5. The van der Waals surface area contributed by atoms with Gasteiger partial charge in [-0.3, -0.25) is 14.2 Å². The second kappa shape index (κ2) is 8.08. The average Bonchev–Trinajstić information content (AvgIpc) is 3.22. The summed E-state index contributed by atoms with van der Waals surface area (Å²) < 4.78 is 2.64. The summed E-state index contributed by atoms with van der Waals surface area (Å²) in [7, 11) is 0. The molecule has 0 saturated carbocycles. The van der Waals surface area contributed by atoms with Crippen molar-refractivity contribution in [3.05, 3.63) is 90.9 Å². The Morgan fingerprint density at radius 3 is 2.53 bits per heavy atom. The number of carbonyl (C=O) groups is 1. The third kappa shape index (κ3) is 3.81. The Balaban J connectivity index is 1.66. The molecule has 3 heterocycles. The molecule has 1 amide bonds. The summed E-state index contributed by atoms with van der Waals surface area (Å²) >= 11 is 1.47. The maximum Gasteiger partial charge on any atom is 0.352 e. The monoisotopic (exact) mass is 420 g/mol. The summed E-state index contributed by atoms with van der Waals surface area (Å²) in [6, 6.07) is 12.8. The van der Waals surface area contributed by atoms with Crippen LogP contribution in [0.15, 0.2) is 63.6 Å². The average molecular weight is 420 g/mol. The van der Waals surface area contributed by atoms with E-state index in [2.05, 4.69) is 10.3 Å². The molecule has 0 aliphatic carbocycles. The molecule has 2 aliphatic rings. The van der Waals surface area contributed by atoms with Gasteiger partial charge in [0.2, 0.25) is 5.91 Å². The zero-order chi connectivity index (χ0) is 21.3. The Labute approximate surface area is 176 Å². The SMILES string of the molecule is Cc1cccc(C)c1NC(=O)Cn1cccc2c(=O)n(Cc3cccs3)c(=O)nc1-2. The van der Waals surface area contributed by atoms with Crippen LogP contribution in [0, 0.1) is 13.8 Å². The van der Waals surface area contributed by atoms with Gasteiger partial charge in [-0.05, 0) is 48.6 Å². The van der Waals surface area contributed by atoms with Gasteiger partial charge in [0.1, 0.15) is 6.54 Å². The number of anilines is 1. The molecule has 7 nitrogen and oxygen atoms in total. The first-order valence-electron chi connectivity index (χ1n) is 9.42. The topological polar surface area (TPSA) is 86.0 Å². The molecule has 2 aromatic rings. The minimum atomic E-state index is -0.629. The molecule has 1 aromatic heterocycles. The lowest BCUT2D eigenvalue weighted by Gasteiger charge is -2.16. The van der Waals surface area contributed by atoms with E-state index in [9.17, 15) is 14.4 Å². The fourth-order valence-corrected chi connectivity index (χ4v) is 4.08. The lowest BCUT2D eigenvalue weighted by molar-refractivity contribution is -0.116. The Hall–Kier alpha value is -3.52. The maximum atomic E-state index is 12.9. The van der Waals surface area contributed by atoms with Crippen LogP contribution < -0.4 is 16.6 Å². The van der Waals surface area contributed by atoms with E-state index < -0.39 is 11.2 Å². The fourth-order valence-electron chi connectivity index (χ4n) is 3.39. The van der Waals surface area contributed by atoms with Gasteiger partial charge in [-0.1, -0.05) is 24.3 Å². The molecule has 4 rings (SSSR count). The van der Waals surface area contributed by atoms with Gasteiger partial charge in [-0.25, -0.2) is 4.79 Å². The molecule has 8 heteroatoms. The third-order valence-corrected chi connectivity index (χ3v) is 5.76. The third-order valence-electron chi connectivity index (χ3n) is 4.90. The van der Waals surface area contributed by atoms with E-state index in [1.165, 1.54) is 15.9 Å². The van der Waals surface area contributed by atoms with E-state index in [0.717, 1.165) is 26.3 Å². The molecule has 0 fully saturated rings. The first-order chi connectivity index (χ1) is 14.4. The number of pyridine rings is 1. The molecule has 1 aromatic carbocycles. The number of rotatable bonds is 5. The van der Waals surface area contributed by atoms with E-state index in [-0.39, 0.29) is 24.8 Å². The lowest BCUT2D eigenvalue weighted by Crippen LogP contribution is -2.38. The van der Waals surface area contributed by atoms with Gasteiger partial charge < -0.3 is 9.88 Å². The highest BCUT2D eigenvalue weighted by atomic mass is 32.1. The van der Waals surface area contributed by atoms with Crippen LogP contribution in [0.2, 0.25) is 0 Å². The zero-order valence-corrected chi connectivity index (χ0v) is 17.4. The highest BCUT2D eigenvalue weighted by Gasteiger charge is 2.19. The van der Waals surface area contributed by atoms with Crippen molar-refractivity contribution in [2.75, 3.05) is 5.32 Å². The van der Waals surface area contributed by atoms with Gasteiger partial charge >= 0.3 is 5.69 Å². The number of nitrogens with one attached hydrogen (secondary N) is 1. The van der Waals surface area contributed by atoms with Crippen molar-refractivity contribution >= 4 is 22.9 Å². The van der Waals surface area contributed by atoms with Crippen molar-refractivity contribution in [1.82, 2.24) is 14.1 Å². The van der Waals surface area contributed by atoms with Crippen LogP contribution in [0.4, 0.5) is 5.69 Å². The van der Waals surface area contributed by atoms with Crippen LogP contribution in [0.1, 0.15) is 16.0 Å². The Morgan fingerprint density at radius 2 is 1.83 bits per heavy atom. The number of benzene rings is 1.